The molecule has 0 saturated carbocycles. The highest BCUT2D eigenvalue weighted by molar-refractivity contribution is 6.89. The lowest BCUT2D eigenvalue weighted by Crippen LogP contribution is -2.39. The second-order valence-corrected chi connectivity index (χ2v) is 10.5. The molecule has 2 aromatic carbocycles. The Hall–Kier alpha value is -1.85. The number of nitrogens with zero attached hydrogens (tertiary/aromatic N) is 1. The molecule has 0 aromatic heterocycles. The van der Waals surface area contributed by atoms with Crippen molar-refractivity contribution in [2.45, 2.75) is 19.6 Å². The van der Waals surface area contributed by atoms with Gasteiger partial charge in [-0.15, -0.1) is 0 Å². The van der Waals surface area contributed by atoms with Gasteiger partial charge in [0, 0.05) is 0 Å². The number of benzene rings is 2. The van der Waals surface area contributed by atoms with Crippen LogP contribution in [0.4, 0.5) is 0 Å². The molecule has 0 N–H and O–H groups in total. The van der Waals surface area contributed by atoms with Crippen molar-refractivity contribution in [3.8, 4) is 17.2 Å². The van der Waals surface area contributed by atoms with Crippen molar-refractivity contribution in [2.75, 3.05) is 0 Å². The van der Waals surface area contributed by atoms with Gasteiger partial charge in [-0.25, -0.2) is 0 Å². The third-order valence-electron chi connectivity index (χ3n) is 3.04. The third-order valence-corrected chi connectivity index (χ3v) is 5.07. The van der Waals surface area contributed by atoms with Gasteiger partial charge in [0.25, 0.3) is 0 Å². The molecule has 0 aliphatic heterocycles. The minimum Gasteiger partial charge on any atom is -0.192 e. The smallest absolute Gasteiger partial charge is 0.0991 e. The standard InChI is InChI=1S/C16H17NSi/c1-18(2,3)16-11-13(12-17)9-10-15(16)14-7-5-4-6-8-14/h4-11H,1-3H3. The zero-order chi connectivity index (χ0) is 13.2. The fraction of sp³-hybridized carbons (Fsp3) is 0.188. The molecule has 2 rings (SSSR count). The van der Waals surface area contributed by atoms with Crippen LogP contribution in [0.15, 0.2) is 48.5 Å². The van der Waals surface area contributed by atoms with E-state index >= 15 is 0 Å². The van der Waals surface area contributed by atoms with E-state index in [0.717, 1.165) is 5.56 Å². The zero-order valence-corrected chi connectivity index (χ0v) is 12.1. The molecule has 0 spiro atoms. The summed E-state index contributed by atoms with van der Waals surface area (Å²) >= 11 is 0. The van der Waals surface area contributed by atoms with E-state index in [1.54, 1.807) is 0 Å². The Kier molecular flexibility index (Phi) is 3.36. The van der Waals surface area contributed by atoms with Gasteiger partial charge < -0.3 is 0 Å². The maximum atomic E-state index is 9.05. The Labute approximate surface area is 110 Å². The van der Waals surface area contributed by atoms with E-state index in [1.165, 1.54) is 16.3 Å². The summed E-state index contributed by atoms with van der Waals surface area (Å²) in [5, 5.41) is 10.4. The maximum Gasteiger partial charge on any atom is 0.0991 e. The summed E-state index contributed by atoms with van der Waals surface area (Å²) in [5.41, 5.74) is 3.26. The van der Waals surface area contributed by atoms with Gasteiger partial charge in [0.05, 0.1) is 19.7 Å². The minimum absolute atomic E-state index is 0.757. The highest BCUT2D eigenvalue weighted by atomic mass is 28.3. The lowest BCUT2D eigenvalue weighted by atomic mass is 10.0. The summed E-state index contributed by atoms with van der Waals surface area (Å²) in [6.45, 7) is 6.95. The Balaban J connectivity index is 2.65. The second kappa shape index (κ2) is 4.79. The van der Waals surface area contributed by atoms with Gasteiger partial charge in [0.15, 0.2) is 0 Å². The van der Waals surface area contributed by atoms with Crippen molar-refractivity contribution < 1.29 is 0 Å². The van der Waals surface area contributed by atoms with Crippen LogP contribution in [0.1, 0.15) is 5.56 Å². The van der Waals surface area contributed by atoms with Crippen LogP contribution >= 0.6 is 0 Å². The molecule has 0 saturated heterocycles. The average molecular weight is 251 g/mol. The molecule has 18 heavy (non-hydrogen) atoms. The molecule has 0 aliphatic rings. The van der Waals surface area contributed by atoms with Crippen molar-refractivity contribution in [3.63, 3.8) is 0 Å². The first-order valence-corrected chi connectivity index (χ1v) is 9.62. The molecule has 2 heteroatoms. The third kappa shape index (κ3) is 2.52. The molecule has 0 unspecified atom stereocenters. The van der Waals surface area contributed by atoms with E-state index in [0.29, 0.717) is 0 Å². The molecule has 0 heterocycles. The van der Waals surface area contributed by atoms with Gasteiger partial charge in [0.1, 0.15) is 0 Å². The summed E-state index contributed by atoms with van der Waals surface area (Å²) in [7, 11) is -1.46. The first-order valence-electron chi connectivity index (χ1n) is 6.12. The summed E-state index contributed by atoms with van der Waals surface area (Å²) < 4.78 is 0. The minimum atomic E-state index is -1.46. The average Bonchev–Trinajstić information content (AvgIpc) is 2.38. The van der Waals surface area contributed by atoms with Crippen LogP contribution in [0.25, 0.3) is 11.1 Å². The van der Waals surface area contributed by atoms with Crippen molar-refractivity contribution >= 4 is 13.3 Å². The number of nitriles is 1. The number of rotatable bonds is 2. The summed E-state index contributed by atoms with van der Waals surface area (Å²) in [6, 6.07) is 18.7. The molecule has 0 atom stereocenters. The van der Waals surface area contributed by atoms with E-state index in [-0.39, 0.29) is 0 Å². The SMILES string of the molecule is C[Si](C)(C)c1cc(C#N)ccc1-c1ccccc1. The van der Waals surface area contributed by atoms with Crippen molar-refractivity contribution in [1.82, 2.24) is 0 Å². The molecule has 2 aromatic rings. The molecule has 0 amide bonds. The van der Waals surface area contributed by atoms with E-state index in [2.05, 4.69) is 62.1 Å². The fourth-order valence-electron chi connectivity index (χ4n) is 2.10. The van der Waals surface area contributed by atoms with Gasteiger partial charge in [-0.2, -0.15) is 5.26 Å². The van der Waals surface area contributed by atoms with Gasteiger partial charge in [-0.1, -0.05) is 61.2 Å². The summed E-state index contributed by atoms with van der Waals surface area (Å²) in [4.78, 5) is 0. The Morgan fingerprint density at radius 2 is 1.61 bits per heavy atom. The molecular formula is C16H17NSi. The van der Waals surface area contributed by atoms with Gasteiger partial charge in [-0.05, 0) is 23.3 Å². The Bertz CT molecular complexity index is 589. The van der Waals surface area contributed by atoms with E-state index < -0.39 is 8.07 Å². The monoisotopic (exact) mass is 251 g/mol. The highest BCUT2D eigenvalue weighted by Crippen LogP contribution is 2.21. The quantitative estimate of drug-likeness (QED) is 0.745. The number of hydrogen-bond acceptors (Lipinski definition) is 1. The van der Waals surface area contributed by atoms with Crippen LogP contribution in [0.5, 0.6) is 0 Å². The van der Waals surface area contributed by atoms with Crippen molar-refractivity contribution in [3.05, 3.63) is 54.1 Å². The summed E-state index contributed by atoms with van der Waals surface area (Å²) in [6.07, 6.45) is 0. The molecule has 1 nitrogen and oxygen atoms in total. The molecule has 0 radical (unpaired) electrons. The molecule has 0 aliphatic carbocycles. The molecule has 90 valence electrons. The van der Waals surface area contributed by atoms with Crippen LogP contribution in [0.2, 0.25) is 19.6 Å². The molecular weight excluding hydrogens is 234 g/mol. The predicted molar refractivity (Wildman–Crippen MR) is 79.6 cm³/mol. The van der Waals surface area contributed by atoms with Crippen LogP contribution in [-0.4, -0.2) is 8.07 Å². The van der Waals surface area contributed by atoms with Crippen LogP contribution in [0.3, 0.4) is 0 Å². The van der Waals surface area contributed by atoms with E-state index in [1.807, 2.05) is 12.1 Å². The predicted octanol–water partition coefficient (Wildman–Crippen LogP) is 3.77. The van der Waals surface area contributed by atoms with Crippen LogP contribution < -0.4 is 5.19 Å². The lowest BCUT2D eigenvalue weighted by molar-refractivity contribution is 1.49. The van der Waals surface area contributed by atoms with Crippen LogP contribution in [0, 0.1) is 11.3 Å². The van der Waals surface area contributed by atoms with Crippen molar-refractivity contribution in [1.29, 1.82) is 5.26 Å². The number of hydrogen-bond donors (Lipinski definition) is 0. The van der Waals surface area contributed by atoms with Gasteiger partial charge >= 0.3 is 0 Å². The first kappa shape index (κ1) is 12.6. The van der Waals surface area contributed by atoms with Crippen molar-refractivity contribution in [2.24, 2.45) is 0 Å². The normalized spacial score (nSPS) is 11.0. The zero-order valence-electron chi connectivity index (χ0n) is 11.1. The van der Waals surface area contributed by atoms with Gasteiger partial charge in [0.2, 0.25) is 0 Å². The topological polar surface area (TPSA) is 23.8 Å². The van der Waals surface area contributed by atoms with E-state index in [4.69, 9.17) is 5.26 Å². The second-order valence-electron chi connectivity index (χ2n) is 5.49. The first-order chi connectivity index (χ1) is 8.52. The Morgan fingerprint density at radius 3 is 2.17 bits per heavy atom. The largest absolute Gasteiger partial charge is 0.192 e. The van der Waals surface area contributed by atoms with Gasteiger partial charge in [-0.3, -0.25) is 0 Å². The van der Waals surface area contributed by atoms with Crippen LogP contribution in [-0.2, 0) is 0 Å². The molecule has 0 bridgehead atoms. The lowest BCUT2D eigenvalue weighted by Gasteiger charge is -2.21. The van der Waals surface area contributed by atoms with E-state index in [9.17, 15) is 0 Å². The fourth-order valence-corrected chi connectivity index (χ4v) is 3.73. The Morgan fingerprint density at radius 1 is 0.944 bits per heavy atom. The maximum absolute atomic E-state index is 9.05. The molecule has 0 fully saturated rings. The highest BCUT2D eigenvalue weighted by Gasteiger charge is 2.21. The summed E-state index contributed by atoms with van der Waals surface area (Å²) in [5.74, 6) is 0.